The number of amides is 2. The summed E-state index contributed by atoms with van der Waals surface area (Å²) in [6.45, 7) is 0.717. The molecule has 2 amide bonds. The summed E-state index contributed by atoms with van der Waals surface area (Å²) in [5, 5.41) is 8.36. The van der Waals surface area contributed by atoms with Crippen LogP contribution in [0.2, 0.25) is 5.02 Å². The number of nitrogens with one attached hydrogen (secondary N) is 1. The molecule has 2 saturated heterocycles. The van der Waals surface area contributed by atoms with Gasteiger partial charge in [0.2, 0.25) is 0 Å². The van der Waals surface area contributed by atoms with Crippen LogP contribution in [0, 0.1) is 0 Å². The maximum atomic E-state index is 13.1. The molecular formula is C22H27ClN4O. The lowest BCUT2D eigenvalue weighted by atomic mass is 9.88. The van der Waals surface area contributed by atoms with E-state index in [0.717, 1.165) is 43.5 Å². The molecule has 6 heteroatoms. The minimum Gasteiger partial charge on any atom is -0.337 e. The molecule has 1 aliphatic carbocycles. The molecule has 1 aromatic heterocycles. The first-order valence-electron chi connectivity index (χ1n) is 10.4. The van der Waals surface area contributed by atoms with E-state index in [0.29, 0.717) is 24.5 Å². The van der Waals surface area contributed by atoms with Crippen LogP contribution in [0.5, 0.6) is 0 Å². The van der Waals surface area contributed by atoms with Crippen molar-refractivity contribution in [3.63, 3.8) is 0 Å². The highest BCUT2D eigenvalue weighted by atomic mass is 35.5. The smallest absolute Gasteiger partial charge is 0.317 e. The molecule has 1 aromatic carbocycles. The Morgan fingerprint density at radius 2 is 1.86 bits per heavy atom. The van der Waals surface area contributed by atoms with Gasteiger partial charge in [0.25, 0.3) is 0 Å². The molecular weight excluding hydrogens is 372 g/mol. The van der Waals surface area contributed by atoms with Crippen molar-refractivity contribution in [3.8, 4) is 0 Å². The van der Waals surface area contributed by atoms with E-state index in [2.05, 4.69) is 33.5 Å². The Morgan fingerprint density at radius 3 is 2.43 bits per heavy atom. The highest BCUT2D eigenvalue weighted by molar-refractivity contribution is 6.30. The number of benzene rings is 1. The van der Waals surface area contributed by atoms with E-state index in [1.165, 1.54) is 11.3 Å². The van der Waals surface area contributed by atoms with E-state index in [1.54, 1.807) is 0 Å². The number of fused-ring (bicyclic) bond motifs is 2. The number of halogens is 1. The first-order chi connectivity index (χ1) is 13.6. The zero-order valence-electron chi connectivity index (χ0n) is 16.3. The summed E-state index contributed by atoms with van der Waals surface area (Å²) in [7, 11) is 2.02. The summed E-state index contributed by atoms with van der Waals surface area (Å²) in [5.41, 5.74) is 2.69. The maximum absolute atomic E-state index is 13.1. The number of hydrogen-bond donors (Lipinski definition) is 1. The molecule has 3 aliphatic rings. The lowest BCUT2D eigenvalue weighted by molar-refractivity contribution is 0.136. The van der Waals surface area contributed by atoms with Gasteiger partial charge < -0.3 is 10.2 Å². The highest BCUT2D eigenvalue weighted by Crippen LogP contribution is 2.48. The SMILES string of the molecule is Cn1nccc1C1CC2CCC(C1)N2C(=O)NCC1(c2ccc(Cl)cc2)CC1. The fourth-order valence-corrected chi connectivity index (χ4v) is 5.52. The van der Waals surface area contributed by atoms with Gasteiger partial charge in [0.1, 0.15) is 0 Å². The van der Waals surface area contributed by atoms with Gasteiger partial charge in [0, 0.05) is 53.9 Å². The molecule has 3 heterocycles. The Labute approximate surface area is 171 Å². The normalized spacial score (nSPS) is 27.6. The number of carbonyl (C=O) groups excluding carboxylic acids is 1. The average Bonchev–Trinajstić information content (AvgIpc) is 3.29. The Hall–Kier alpha value is -2.01. The summed E-state index contributed by atoms with van der Waals surface area (Å²) in [6.07, 6.45) is 8.47. The fourth-order valence-electron chi connectivity index (χ4n) is 5.39. The Bertz CT molecular complexity index is 859. The highest BCUT2D eigenvalue weighted by Gasteiger charge is 2.47. The number of rotatable bonds is 4. The zero-order valence-corrected chi connectivity index (χ0v) is 17.0. The van der Waals surface area contributed by atoms with Gasteiger partial charge in [-0.25, -0.2) is 4.79 Å². The van der Waals surface area contributed by atoms with Crippen LogP contribution in [0.15, 0.2) is 36.5 Å². The minimum absolute atomic E-state index is 0.104. The predicted octanol–water partition coefficient (Wildman–Crippen LogP) is 4.23. The van der Waals surface area contributed by atoms with Crippen LogP contribution in [0.25, 0.3) is 0 Å². The van der Waals surface area contributed by atoms with Crippen LogP contribution in [0.4, 0.5) is 4.79 Å². The number of carbonyl (C=O) groups is 1. The Balaban J connectivity index is 1.23. The largest absolute Gasteiger partial charge is 0.337 e. The van der Waals surface area contributed by atoms with Crippen LogP contribution < -0.4 is 5.32 Å². The summed E-state index contributed by atoms with van der Waals surface area (Å²) in [4.78, 5) is 15.2. The van der Waals surface area contributed by atoms with Gasteiger partial charge in [0.05, 0.1) is 0 Å². The lowest BCUT2D eigenvalue weighted by Crippen LogP contribution is -2.51. The fraction of sp³-hybridized carbons (Fsp3) is 0.545. The number of piperidine rings is 1. The molecule has 5 nitrogen and oxygen atoms in total. The van der Waals surface area contributed by atoms with E-state index in [1.807, 2.05) is 30.1 Å². The monoisotopic (exact) mass is 398 g/mol. The second-order valence-electron chi connectivity index (χ2n) is 8.79. The molecule has 2 aromatic rings. The van der Waals surface area contributed by atoms with Crippen molar-refractivity contribution < 1.29 is 4.79 Å². The molecule has 2 unspecified atom stereocenters. The van der Waals surface area contributed by atoms with Crippen molar-refractivity contribution in [2.45, 2.75) is 61.9 Å². The molecule has 28 heavy (non-hydrogen) atoms. The van der Waals surface area contributed by atoms with E-state index in [-0.39, 0.29) is 11.4 Å². The van der Waals surface area contributed by atoms with Crippen molar-refractivity contribution in [2.24, 2.45) is 7.05 Å². The molecule has 5 rings (SSSR count). The first-order valence-corrected chi connectivity index (χ1v) is 10.7. The predicted molar refractivity (Wildman–Crippen MR) is 110 cm³/mol. The van der Waals surface area contributed by atoms with Crippen molar-refractivity contribution in [3.05, 3.63) is 52.8 Å². The van der Waals surface area contributed by atoms with Crippen molar-refractivity contribution in [2.75, 3.05) is 6.54 Å². The molecule has 1 N–H and O–H groups in total. The molecule has 148 valence electrons. The average molecular weight is 399 g/mol. The van der Waals surface area contributed by atoms with E-state index in [4.69, 9.17) is 11.6 Å². The summed E-state index contributed by atoms with van der Waals surface area (Å²) >= 11 is 6.03. The number of urea groups is 1. The topological polar surface area (TPSA) is 50.2 Å². The number of aromatic nitrogens is 2. The van der Waals surface area contributed by atoms with E-state index >= 15 is 0 Å². The summed E-state index contributed by atoms with van der Waals surface area (Å²) in [5.74, 6) is 0.512. The standard InChI is InChI=1S/C22H27ClN4O/c1-26-20(8-11-25-26)15-12-18-6-7-19(13-15)27(18)21(28)24-14-22(9-10-22)16-2-4-17(23)5-3-16/h2-5,8,11,15,18-19H,6-7,9-10,12-14H2,1H3,(H,24,28). The first kappa shape index (κ1) is 18.0. The zero-order chi connectivity index (χ0) is 19.3. The second-order valence-corrected chi connectivity index (χ2v) is 9.22. The maximum Gasteiger partial charge on any atom is 0.317 e. The summed E-state index contributed by atoms with van der Waals surface area (Å²) in [6, 6.07) is 11.0. The molecule has 0 spiro atoms. The Kier molecular flexibility index (Phi) is 4.38. The van der Waals surface area contributed by atoms with Crippen molar-refractivity contribution in [1.29, 1.82) is 0 Å². The van der Waals surface area contributed by atoms with Gasteiger partial charge in [-0.2, -0.15) is 5.10 Å². The third-order valence-electron chi connectivity index (χ3n) is 7.13. The van der Waals surface area contributed by atoms with Crippen molar-refractivity contribution in [1.82, 2.24) is 20.0 Å². The molecule has 3 fully saturated rings. The van der Waals surface area contributed by atoms with Crippen molar-refractivity contribution >= 4 is 17.6 Å². The van der Waals surface area contributed by atoms with Gasteiger partial charge >= 0.3 is 6.03 Å². The molecule has 2 bridgehead atoms. The van der Waals surface area contributed by atoms with E-state index < -0.39 is 0 Å². The van der Waals surface area contributed by atoms with Gasteiger partial charge in [-0.3, -0.25) is 4.68 Å². The third-order valence-corrected chi connectivity index (χ3v) is 7.38. The number of hydrogen-bond acceptors (Lipinski definition) is 2. The molecule has 1 saturated carbocycles. The van der Waals surface area contributed by atoms with Crippen LogP contribution in [-0.2, 0) is 12.5 Å². The van der Waals surface area contributed by atoms with Crippen LogP contribution in [0.3, 0.4) is 0 Å². The number of nitrogens with zero attached hydrogens (tertiary/aromatic N) is 3. The second kappa shape index (κ2) is 6.80. The van der Waals surface area contributed by atoms with Gasteiger partial charge in [-0.05, 0) is 62.3 Å². The summed E-state index contributed by atoms with van der Waals surface area (Å²) < 4.78 is 1.99. The molecule has 2 aliphatic heterocycles. The van der Waals surface area contributed by atoms with Gasteiger partial charge in [-0.1, -0.05) is 23.7 Å². The van der Waals surface area contributed by atoms with Gasteiger partial charge in [0.15, 0.2) is 0 Å². The lowest BCUT2D eigenvalue weighted by Gasteiger charge is -2.39. The quantitative estimate of drug-likeness (QED) is 0.838. The Morgan fingerprint density at radius 1 is 1.18 bits per heavy atom. The minimum atomic E-state index is 0.104. The van der Waals surface area contributed by atoms with Crippen LogP contribution in [0.1, 0.15) is 55.7 Å². The van der Waals surface area contributed by atoms with Crippen LogP contribution in [-0.4, -0.2) is 39.3 Å². The van der Waals surface area contributed by atoms with Gasteiger partial charge in [-0.15, -0.1) is 0 Å². The van der Waals surface area contributed by atoms with Crippen LogP contribution >= 0.6 is 11.6 Å². The van der Waals surface area contributed by atoms with E-state index in [9.17, 15) is 4.79 Å². The third kappa shape index (κ3) is 3.10. The molecule has 2 atom stereocenters. The number of aryl methyl sites for hydroxylation is 1. The molecule has 0 radical (unpaired) electrons.